The molecule has 0 aliphatic heterocycles. The lowest BCUT2D eigenvalue weighted by molar-refractivity contribution is -0.272. The summed E-state index contributed by atoms with van der Waals surface area (Å²) < 4.78 is 46.9. The fourth-order valence-electron chi connectivity index (χ4n) is 2.18. The van der Waals surface area contributed by atoms with Crippen molar-refractivity contribution in [2.75, 3.05) is 26.7 Å². The summed E-state index contributed by atoms with van der Waals surface area (Å²) in [6.45, 7) is 6.26. The third-order valence-electron chi connectivity index (χ3n) is 3.95. The summed E-state index contributed by atoms with van der Waals surface area (Å²) in [5, 5.41) is 16.1. The maximum atomic E-state index is 13.5. The molecule has 3 N–H and O–H groups in total. The van der Waals surface area contributed by atoms with Gasteiger partial charge in [0.15, 0.2) is 5.96 Å². The first kappa shape index (κ1) is 22.2. The fraction of sp³-hybridized carbons (Fsp3) is 0.750. The van der Waals surface area contributed by atoms with E-state index < -0.39 is 29.6 Å². The Morgan fingerprint density at radius 1 is 1.35 bits per heavy atom. The van der Waals surface area contributed by atoms with Gasteiger partial charge in [0, 0.05) is 46.1 Å². The molecule has 0 aromatic carbocycles. The Morgan fingerprint density at radius 3 is 2.46 bits per heavy atom. The minimum Gasteiger partial charge on any atom is -0.377 e. The number of aliphatic hydroxyl groups is 1. The minimum absolute atomic E-state index is 0.151. The zero-order chi connectivity index (χ0) is 20.0. The summed E-state index contributed by atoms with van der Waals surface area (Å²) >= 11 is 0. The summed E-state index contributed by atoms with van der Waals surface area (Å²) in [5.74, 6) is -0.101. The molecule has 0 aliphatic rings. The number of aliphatic imine (C=N–C) groups is 1. The number of aromatic nitrogens is 2. The number of nitrogens with one attached hydrogen (secondary N) is 2. The van der Waals surface area contributed by atoms with Crippen molar-refractivity contribution >= 4 is 5.96 Å². The molecule has 1 rings (SSSR count). The molecule has 0 radical (unpaired) electrons. The third kappa shape index (κ3) is 5.60. The lowest BCUT2D eigenvalue weighted by Gasteiger charge is -2.30. The second-order valence-electron chi connectivity index (χ2n) is 6.56. The van der Waals surface area contributed by atoms with E-state index in [1.54, 1.807) is 7.11 Å². The second kappa shape index (κ2) is 8.72. The normalized spacial score (nSPS) is 15.7. The van der Waals surface area contributed by atoms with E-state index in [9.17, 15) is 18.3 Å². The van der Waals surface area contributed by atoms with Crippen molar-refractivity contribution in [1.29, 1.82) is 0 Å². The van der Waals surface area contributed by atoms with Gasteiger partial charge in [-0.1, -0.05) is 0 Å². The van der Waals surface area contributed by atoms with Gasteiger partial charge in [0.25, 0.3) is 0 Å². The van der Waals surface area contributed by atoms with Gasteiger partial charge in [0.1, 0.15) is 5.82 Å². The SMILES string of the molecule is CCNC(=NCC(C)(C)OC)NCCC(O)(c1nccn1C)C(F)(F)F. The summed E-state index contributed by atoms with van der Waals surface area (Å²) in [6.07, 6.45) is -2.89. The Balaban J connectivity index is 2.85. The van der Waals surface area contributed by atoms with E-state index in [2.05, 4.69) is 20.6 Å². The fourth-order valence-corrected chi connectivity index (χ4v) is 2.18. The Labute approximate surface area is 151 Å². The number of rotatable bonds is 8. The van der Waals surface area contributed by atoms with Crippen LogP contribution >= 0.6 is 0 Å². The van der Waals surface area contributed by atoms with Crippen LogP contribution in [0.5, 0.6) is 0 Å². The molecule has 26 heavy (non-hydrogen) atoms. The number of aryl methyl sites for hydroxylation is 1. The summed E-state index contributed by atoms with van der Waals surface area (Å²) in [5.41, 5.74) is -3.55. The number of halogens is 3. The first-order valence-corrected chi connectivity index (χ1v) is 8.31. The molecule has 0 saturated carbocycles. The molecule has 0 amide bonds. The highest BCUT2D eigenvalue weighted by Gasteiger charge is 2.57. The minimum atomic E-state index is -4.86. The van der Waals surface area contributed by atoms with Gasteiger partial charge in [-0.2, -0.15) is 13.2 Å². The van der Waals surface area contributed by atoms with Crippen LogP contribution in [-0.2, 0) is 17.4 Å². The molecular weight excluding hydrogens is 351 g/mol. The van der Waals surface area contributed by atoms with E-state index in [4.69, 9.17) is 4.74 Å². The van der Waals surface area contributed by atoms with E-state index in [1.165, 1.54) is 19.4 Å². The zero-order valence-electron chi connectivity index (χ0n) is 15.8. The van der Waals surface area contributed by atoms with Gasteiger partial charge in [-0.3, -0.25) is 4.99 Å². The molecular formula is C16H28F3N5O2. The molecule has 1 heterocycles. The van der Waals surface area contributed by atoms with Crippen molar-refractivity contribution in [3.8, 4) is 0 Å². The van der Waals surface area contributed by atoms with E-state index in [1.807, 2.05) is 20.8 Å². The topological polar surface area (TPSA) is 83.7 Å². The standard InChI is InChI=1S/C16H28F3N5O2/c1-6-20-13(23-11-14(2,3)26-5)22-8-7-15(25,16(17,18)19)12-21-9-10-24(12)4/h9-10,25H,6-8,11H2,1-5H3,(H2,20,22,23). The van der Waals surface area contributed by atoms with E-state index >= 15 is 0 Å². The number of hydrogen-bond donors (Lipinski definition) is 3. The van der Waals surface area contributed by atoms with Gasteiger partial charge in [-0.05, 0) is 20.8 Å². The smallest absolute Gasteiger partial charge is 0.377 e. The molecule has 150 valence electrons. The van der Waals surface area contributed by atoms with Crippen molar-refractivity contribution in [3.05, 3.63) is 18.2 Å². The van der Waals surface area contributed by atoms with Crippen LogP contribution in [0.25, 0.3) is 0 Å². The Hall–Kier alpha value is -1.81. The highest BCUT2D eigenvalue weighted by Crippen LogP contribution is 2.40. The summed E-state index contributed by atoms with van der Waals surface area (Å²) in [4.78, 5) is 7.97. The summed E-state index contributed by atoms with van der Waals surface area (Å²) in [7, 11) is 2.97. The average Bonchev–Trinajstić information content (AvgIpc) is 2.98. The molecule has 0 aliphatic carbocycles. The predicted octanol–water partition coefficient (Wildman–Crippen LogP) is 1.54. The Bertz CT molecular complexity index is 601. The highest BCUT2D eigenvalue weighted by atomic mass is 19.4. The van der Waals surface area contributed by atoms with E-state index in [0.29, 0.717) is 19.0 Å². The monoisotopic (exact) mass is 379 g/mol. The van der Waals surface area contributed by atoms with Crippen LogP contribution in [0.4, 0.5) is 13.2 Å². The second-order valence-corrected chi connectivity index (χ2v) is 6.56. The molecule has 1 atom stereocenters. The average molecular weight is 379 g/mol. The predicted molar refractivity (Wildman–Crippen MR) is 92.8 cm³/mol. The van der Waals surface area contributed by atoms with Crippen molar-refractivity contribution in [3.63, 3.8) is 0 Å². The lowest BCUT2D eigenvalue weighted by atomic mass is 9.97. The maximum Gasteiger partial charge on any atom is 0.424 e. The zero-order valence-corrected chi connectivity index (χ0v) is 15.8. The van der Waals surface area contributed by atoms with Crippen LogP contribution in [0.15, 0.2) is 17.4 Å². The number of ether oxygens (including phenoxy) is 1. The van der Waals surface area contributed by atoms with Crippen LogP contribution in [0.1, 0.15) is 33.0 Å². The van der Waals surface area contributed by atoms with Gasteiger partial charge in [-0.15, -0.1) is 0 Å². The van der Waals surface area contributed by atoms with Crippen LogP contribution in [0.2, 0.25) is 0 Å². The number of hydrogen-bond acceptors (Lipinski definition) is 4. The number of nitrogens with zero attached hydrogens (tertiary/aromatic N) is 3. The maximum absolute atomic E-state index is 13.5. The van der Waals surface area contributed by atoms with Gasteiger partial charge >= 0.3 is 6.18 Å². The first-order valence-electron chi connectivity index (χ1n) is 8.31. The van der Waals surface area contributed by atoms with E-state index in [-0.39, 0.29) is 6.54 Å². The molecule has 0 saturated heterocycles. The Kier molecular flexibility index (Phi) is 7.45. The highest BCUT2D eigenvalue weighted by molar-refractivity contribution is 5.79. The van der Waals surface area contributed by atoms with Crippen molar-refractivity contribution in [2.24, 2.45) is 12.0 Å². The molecule has 1 aromatic rings. The number of alkyl halides is 3. The number of imidazole rings is 1. The summed E-state index contributed by atoms with van der Waals surface area (Å²) in [6, 6.07) is 0. The molecule has 1 unspecified atom stereocenters. The largest absolute Gasteiger partial charge is 0.424 e. The van der Waals surface area contributed by atoms with Crippen LogP contribution in [-0.4, -0.2) is 59.1 Å². The van der Waals surface area contributed by atoms with Crippen LogP contribution < -0.4 is 10.6 Å². The van der Waals surface area contributed by atoms with Crippen molar-refractivity contribution < 1.29 is 23.0 Å². The number of methoxy groups -OCH3 is 1. The van der Waals surface area contributed by atoms with Crippen LogP contribution in [0, 0.1) is 0 Å². The Morgan fingerprint density at radius 2 is 2.00 bits per heavy atom. The third-order valence-corrected chi connectivity index (χ3v) is 3.95. The van der Waals surface area contributed by atoms with Gasteiger partial charge in [-0.25, -0.2) is 4.98 Å². The van der Waals surface area contributed by atoms with Gasteiger partial charge in [0.2, 0.25) is 5.60 Å². The van der Waals surface area contributed by atoms with E-state index in [0.717, 1.165) is 4.57 Å². The molecule has 0 fully saturated rings. The van der Waals surface area contributed by atoms with Crippen molar-refractivity contribution in [1.82, 2.24) is 20.2 Å². The van der Waals surface area contributed by atoms with Gasteiger partial charge < -0.3 is 25.0 Å². The first-order chi connectivity index (χ1) is 12.0. The molecule has 0 bridgehead atoms. The van der Waals surface area contributed by atoms with Crippen molar-refractivity contribution in [2.45, 2.75) is 44.6 Å². The molecule has 7 nitrogen and oxygen atoms in total. The lowest BCUT2D eigenvalue weighted by Crippen LogP contribution is -2.48. The van der Waals surface area contributed by atoms with Crippen LogP contribution in [0.3, 0.4) is 0 Å². The quantitative estimate of drug-likeness (QED) is 0.471. The molecule has 10 heteroatoms. The number of guanidine groups is 1. The molecule has 1 aromatic heterocycles. The molecule has 0 spiro atoms. The van der Waals surface area contributed by atoms with Gasteiger partial charge in [0.05, 0.1) is 12.1 Å².